The van der Waals surface area contributed by atoms with Crippen molar-refractivity contribution < 1.29 is 14.3 Å². The molecule has 2 heterocycles. The minimum absolute atomic E-state index is 0.257. The fourth-order valence-corrected chi connectivity index (χ4v) is 2.31. The van der Waals surface area contributed by atoms with E-state index in [9.17, 15) is 4.79 Å². The lowest BCUT2D eigenvalue weighted by molar-refractivity contribution is -0.224. The molecule has 1 atom stereocenters. The number of hydrogen-bond donors (Lipinski definition) is 0. The highest BCUT2D eigenvalue weighted by molar-refractivity contribution is 5.94. The van der Waals surface area contributed by atoms with E-state index in [0.29, 0.717) is 12.2 Å². The summed E-state index contributed by atoms with van der Waals surface area (Å²) in [4.78, 5) is 11.6. The van der Waals surface area contributed by atoms with Crippen LogP contribution < -0.4 is 0 Å². The maximum absolute atomic E-state index is 11.6. The van der Waals surface area contributed by atoms with E-state index in [4.69, 9.17) is 9.47 Å². The van der Waals surface area contributed by atoms with Crippen LogP contribution in [0.25, 0.3) is 0 Å². The number of benzene rings is 1. The summed E-state index contributed by atoms with van der Waals surface area (Å²) in [7, 11) is 0. The molecule has 1 spiro atoms. The van der Waals surface area contributed by atoms with Gasteiger partial charge in [-0.15, -0.1) is 0 Å². The van der Waals surface area contributed by atoms with Crippen LogP contribution in [-0.4, -0.2) is 12.6 Å². The van der Waals surface area contributed by atoms with Gasteiger partial charge in [-0.3, -0.25) is 0 Å². The number of carbonyl (C=O) groups excluding carboxylic acids is 1. The first-order valence-corrected chi connectivity index (χ1v) is 5.29. The third-order valence-electron chi connectivity index (χ3n) is 3.05. The van der Waals surface area contributed by atoms with Crippen molar-refractivity contribution in [1.29, 1.82) is 0 Å². The van der Waals surface area contributed by atoms with E-state index in [-0.39, 0.29) is 5.97 Å². The van der Waals surface area contributed by atoms with Crippen molar-refractivity contribution in [2.24, 2.45) is 0 Å². The molecule has 0 N–H and O–H groups in total. The molecule has 0 radical (unpaired) electrons. The van der Waals surface area contributed by atoms with Gasteiger partial charge >= 0.3 is 5.97 Å². The lowest BCUT2D eigenvalue weighted by Gasteiger charge is -2.32. The molecular weight excluding hydrogens is 192 g/mol. The third kappa shape index (κ3) is 1.20. The molecule has 1 unspecified atom stereocenters. The van der Waals surface area contributed by atoms with Crippen LogP contribution in [0.3, 0.4) is 0 Å². The summed E-state index contributed by atoms with van der Waals surface area (Å²) >= 11 is 0. The number of esters is 1. The Hall–Kier alpha value is -1.35. The summed E-state index contributed by atoms with van der Waals surface area (Å²) < 4.78 is 11.1. The first kappa shape index (κ1) is 8.92. The Balaban J connectivity index is 2.10. The summed E-state index contributed by atoms with van der Waals surface area (Å²) in [5, 5.41) is 0. The van der Waals surface area contributed by atoms with Gasteiger partial charge in [0.25, 0.3) is 0 Å². The van der Waals surface area contributed by atoms with Gasteiger partial charge in [-0.1, -0.05) is 18.2 Å². The van der Waals surface area contributed by atoms with Gasteiger partial charge in [0.2, 0.25) is 5.79 Å². The standard InChI is InChI=1S/C12H12O3/c13-11-9-5-1-2-6-10(9)12(15-11)7-3-4-8-14-12/h1-2,5-6H,3-4,7-8H2. The van der Waals surface area contributed by atoms with Crippen LogP contribution in [-0.2, 0) is 15.3 Å². The van der Waals surface area contributed by atoms with Gasteiger partial charge in [-0.05, 0) is 18.9 Å². The quantitative estimate of drug-likeness (QED) is 0.608. The van der Waals surface area contributed by atoms with E-state index in [1.165, 1.54) is 0 Å². The summed E-state index contributed by atoms with van der Waals surface area (Å²) in [6.07, 6.45) is 2.86. The molecule has 1 fully saturated rings. The minimum Gasteiger partial charge on any atom is -0.425 e. The molecule has 78 valence electrons. The summed E-state index contributed by atoms with van der Waals surface area (Å²) in [6.45, 7) is 0.668. The Morgan fingerprint density at radius 1 is 1.20 bits per heavy atom. The average Bonchev–Trinajstić information content (AvgIpc) is 2.55. The topological polar surface area (TPSA) is 35.5 Å². The van der Waals surface area contributed by atoms with E-state index < -0.39 is 5.79 Å². The second-order valence-corrected chi connectivity index (χ2v) is 3.99. The lowest BCUT2D eigenvalue weighted by atomic mass is 9.96. The summed E-state index contributed by atoms with van der Waals surface area (Å²) in [6, 6.07) is 7.48. The molecule has 15 heavy (non-hydrogen) atoms. The molecule has 3 nitrogen and oxygen atoms in total. The molecule has 2 aliphatic rings. The van der Waals surface area contributed by atoms with Crippen LogP contribution in [0.4, 0.5) is 0 Å². The van der Waals surface area contributed by atoms with Crippen LogP contribution >= 0.6 is 0 Å². The molecule has 0 amide bonds. The normalized spacial score (nSPS) is 28.9. The fourth-order valence-electron chi connectivity index (χ4n) is 2.31. The van der Waals surface area contributed by atoms with E-state index in [2.05, 4.69) is 0 Å². The van der Waals surface area contributed by atoms with Crippen molar-refractivity contribution in [3.63, 3.8) is 0 Å². The Morgan fingerprint density at radius 3 is 2.87 bits per heavy atom. The molecule has 1 aromatic rings. The Kier molecular flexibility index (Phi) is 1.83. The maximum atomic E-state index is 11.6. The minimum atomic E-state index is -0.772. The predicted octanol–water partition coefficient (Wildman–Crippen LogP) is 2.21. The van der Waals surface area contributed by atoms with Crippen molar-refractivity contribution in [2.75, 3.05) is 6.61 Å². The molecule has 0 bridgehead atoms. The van der Waals surface area contributed by atoms with Gasteiger partial charge in [-0.2, -0.15) is 0 Å². The molecule has 2 aliphatic heterocycles. The summed E-state index contributed by atoms with van der Waals surface area (Å²) in [5.74, 6) is -1.03. The molecule has 0 saturated carbocycles. The average molecular weight is 204 g/mol. The largest absolute Gasteiger partial charge is 0.425 e. The highest BCUT2D eigenvalue weighted by Gasteiger charge is 2.47. The van der Waals surface area contributed by atoms with Gasteiger partial charge in [0, 0.05) is 12.0 Å². The van der Waals surface area contributed by atoms with Crippen LogP contribution in [0.5, 0.6) is 0 Å². The van der Waals surface area contributed by atoms with Crippen molar-refractivity contribution in [2.45, 2.75) is 25.0 Å². The fraction of sp³-hybridized carbons (Fsp3) is 0.417. The number of carbonyl (C=O) groups is 1. The summed E-state index contributed by atoms with van der Waals surface area (Å²) in [5.41, 5.74) is 1.55. The van der Waals surface area contributed by atoms with Gasteiger partial charge in [-0.25, -0.2) is 4.79 Å². The number of ether oxygens (including phenoxy) is 2. The van der Waals surface area contributed by atoms with Gasteiger partial charge < -0.3 is 9.47 Å². The van der Waals surface area contributed by atoms with Crippen LogP contribution in [0.15, 0.2) is 24.3 Å². The Morgan fingerprint density at radius 2 is 2.07 bits per heavy atom. The van der Waals surface area contributed by atoms with E-state index in [0.717, 1.165) is 24.8 Å². The van der Waals surface area contributed by atoms with E-state index >= 15 is 0 Å². The second kappa shape index (κ2) is 3.07. The number of hydrogen-bond acceptors (Lipinski definition) is 3. The van der Waals surface area contributed by atoms with E-state index in [1.54, 1.807) is 6.07 Å². The lowest BCUT2D eigenvalue weighted by Crippen LogP contribution is -2.33. The zero-order valence-corrected chi connectivity index (χ0v) is 8.36. The molecule has 3 heteroatoms. The first-order chi connectivity index (χ1) is 7.32. The second-order valence-electron chi connectivity index (χ2n) is 3.99. The monoisotopic (exact) mass is 204 g/mol. The zero-order chi connectivity index (χ0) is 10.3. The number of fused-ring (bicyclic) bond motifs is 2. The van der Waals surface area contributed by atoms with Gasteiger partial charge in [0.05, 0.1) is 12.2 Å². The van der Waals surface area contributed by atoms with Crippen LogP contribution in [0.2, 0.25) is 0 Å². The predicted molar refractivity (Wildman–Crippen MR) is 53.3 cm³/mol. The van der Waals surface area contributed by atoms with Crippen molar-refractivity contribution in [1.82, 2.24) is 0 Å². The maximum Gasteiger partial charge on any atom is 0.341 e. The van der Waals surface area contributed by atoms with Crippen molar-refractivity contribution >= 4 is 5.97 Å². The molecule has 3 rings (SSSR count). The smallest absolute Gasteiger partial charge is 0.341 e. The van der Waals surface area contributed by atoms with E-state index in [1.807, 2.05) is 18.2 Å². The van der Waals surface area contributed by atoms with Gasteiger partial charge in [0.1, 0.15) is 0 Å². The van der Waals surface area contributed by atoms with Crippen LogP contribution in [0.1, 0.15) is 35.2 Å². The SMILES string of the molecule is O=C1OC2(CCCCO2)c2ccccc21. The molecular formula is C12H12O3. The molecule has 1 saturated heterocycles. The molecule has 1 aromatic carbocycles. The number of rotatable bonds is 0. The Labute approximate surface area is 88.0 Å². The molecule has 0 aromatic heterocycles. The highest BCUT2D eigenvalue weighted by atomic mass is 16.7. The van der Waals surface area contributed by atoms with Crippen LogP contribution in [0, 0.1) is 0 Å². The molecule has 0 aliphatic carbocycles. The van der Waals surface area contributed by atoms with Gasteiger partial charge in [0.15, 0.2) is 0 Å². The highest BCUT2D eigenvalue weighted by Crippen LogP contribution is 2.43. The Bertz CT molecular complexity index is 405. The van der Waals surface area contributed by atoms with Crippen molar-refractivity contribution in [3.05, 3.63) is 35.4 Å². The zero-order valence-electron chi connectivity index (χ0n) is 8.36. The first-order valence-electron chi connectivity index (χ1n) is 5.29. The van der Waals surface area contributed by atoms with Crippen molar-refractivity contribution in [3.8, 4) is 0 Å². The third-order valence-corrected chi connectivity index (χ3v) is 3.05.